The molecule has 12 rings (SSSR count). The number of sulfonamides is 3. The SMILES string of the molecule is CS(=O)(=O)N1CCc2c(N)n[nH]c2C1.Cn1cc2c(c1)C(C(=O)O)CCC2.Cn1cc2c(c1)C(C(=O)n1nc(N)c3c1CN(S(C)(=O)=O)CC3)CCC2.Cn1cc2c(c1)C(C(=O)n1nc3c(c1N)CCN(S(C)(=O)=O)C3)CCC2. The van der Waals surface area contributed by atoms with Crippen molar-refractivity contribution in [1.29, 1.82) is 0 Å². The molecule has 6 aromatic heterocycles. The summed E-state index contributed by atoms with van der Waals surface area (Å²) < 4.78 is 82.7. The minimum absolute atomic E-state index is 0.125. The molecular weight excluding hydrogens is 1080 g/mol. The minimum atomic E-state index is -3.34. The number of carboxylic acid groups (broad SMARTS) is 1. The van der Waals surface area contributed by atoms with E-state index in [0.29, 0.717) is 74.3 Å². The van der Waals surface area contributed by atoms with Gasteiger partial charge in [0.2, 0.25) is 30.1 Å². The van der Waals surface area contributed by atoms with Crippen LogP contribution >= 0.6 is 0 Å². The second kappa shape index (κ2) is 22.2. The summed E-state index contributed by atoms with van der Waals surface area (Å²) in [4.78, 5) is 37.4. The van der Waals surface area contributed by atoms with Crippen LogP contribution in [-0.4, -0.2) is 143 Å². The number of carbonyl (C=O) groups excluding carboxylic acids is 2. The van der Waals surface area contributed by atoms with Crippen molar-refractivity contribution in [2.45, 2.75) is 114 Å². The van der Waals surface area contributed by atoms with E-state index in [1.165, 1.54) is 57.7 Å². The lowest BCUT2D eigenvalue weighted by Gasteiger charge is -2.26. The molecule has 0 spiro atoms. The Balaban J connectivity index is 0.000000134. The summed E-state index contributed by atoms with van der Waals surface area (Å²) in [6, 6.07) is 0. The second-order valence-corrected chi connectivity index (χ2v) is 27.6. The molecule has 9 heterocycles. The largest absolute Gasteiger partial charge is 0.481 e. The molecule has 0 bridgehead atoms. The number of anilines is 3. The molecule has 0 radical (unpaired) electrons. The maximum Gasteiger partial charge on any atom is 0.311 e. The quantitative estimate of drug-likeness (QED) is 0.160. The first-order chi connectivity index (χ1) is 37.2. The number of carbonyl (C=O) groups is 3. The predicted molar refractivity (Wildman–Crippen MR) is 295 cm³/mol. The summed E-state index contributed by atoms with van der Waals surface area (Å²) >= 11 is 0. The van der Waals surface area contributed by atoms with Gasteiger partial charge in [-0.05, 0) is 110 Å². The van der Waals surface area contributed by atoms with E-state index in [2.05, 4.69) is 32.8 Å². The highest BCUT2D eigenvalue weighted by Gasteiger charge is 2.37. The van der Waals surface area contributed by atoms with Crippen LogP contribution < -0.4 is 17.2 Å². The average Bonchev–Trinajstić information content (AvgIpc) is 4.30. The first-order valence-electron chi connectivity index (χ1n) is 26.3. The number of nitrogens with one attached hydrogen (secondary N) is 1. The van der Waals surface area contributed by atoms with Gasteiger partial charge >= 0.3 is 5.97 Å². The highest BCUT2D eigenvalue weighted by molar-refractivity contribution is 7.88. The topological polar surface area (TPSA) is 341 Å². The van der Waals surface area contributed by atoms with Crippen molar-refractivity contribution in [2.75, 3.05) is 55.6 Å². The van der Waals surface area contributed by atoms with Crippen LogP contribution in [0.1, 0.15) is 133 Å². The number of aromatic nitrogens is 9. The highest BCUT2D eigenvalue weighted by Crippen LogP contribution is 2.38. The Bertz CT molecular complexity index is 3680. The molecule has 28 heteroatoms. The zero-order chi connectivity index (χ0) is 57.0. The number of carboxylic acids is 1. The Morgan fingerprint density at radius 3 is 1.47 bits per heavy atom. The fraction of sp³-hybridized carbons (Fsp3) is 0.529. The molecular formula is C51H71N15O10S3. The van der Waals surface area contributed by atoms with Crippen LogP contribution in [0.4, 0.5) is 17.5 Å². The molecule has 428 valence electrons. The lowest BCUT2D eigenvalue weighted by molar-refractivity contribution is -0.139. The van der Waals surface area contributed by atoms with Crippen molar-refractivity contribution >= 4 is 65.3 Å². The van der Waals surface area contributed by atoms with Gasteiger partial charge in [-0.1, -0.05) is 0 Å². The van der Waals surface area contributed by atoms with Crippen molar-refractivity contribution in [3.8, 4) is 0 Å². The van der Waals surface area contributed by atoms with Crippen molar-refractivity contribution in [3.05, 3.63) is 104 Å². The smallest absolute Gasteiger partial charge is 0.311 e. The number of H-pyrrole nitrogens is 1. The molecule has 0 aromatic carbocycles. The van der Waals surface area contributed by atoms with Crippen LogP contribution in [0.25, 0.3) is 0 Å². The Kier molecular flexibility index (Phi) is 16.0. The molecule has 0 amide bonds. The molecule has 0 saturated heterocycles. The van der Waals surface area contributed by atoms with Crippen molar-refractivity contribution < 1.29 is 44.7 Å². The third-order valence-electron chi connectivity index (χ3n) is 15.9. The summed E-state index contributed by atoms with van der Waals surface area (Å²) in [7, 11) is -3.89. The monoisotopic (exact) mass is 1150 g/mol. The van der Waals surface area contributed by atoms with E-state index < -0.39 is 36.0 Å². The summed E-state index contributed by atoms with van der Waals surface area (Å²) in [6.45, 7) is 1.86. The number of rotatable bonds is 6. The first-order valence-corrected chi connectivity index (χ1v) is 31.9. The summed E-state index contributed by atoms with van der Waals surface area (Å²) in [6.07, 6.45) is 25.4. The molecule has 25 nitrogen and oxygen atoms in total. The number of aromatic amines is 1. The van der Waals surface area contributed by atoms with E-state index in [9.17, 15) is 39.6 Å². The second-order valence-electron chi connectivity index (χ2n) is 21.6. The van der Waals surface area contributed by atoms with Crippen LogP contribution in [0.5, 0.6) is 0 Å². The zero-order valence-corrected chi connectivity index (χ0v) is 47.9. The normalized spacial score (nSPS) is 20.3. The fourth-order valence-electron chi connectivity index (χ4n) is 11.9. The van der Waals surface area contributed by atoms with Gasteiger partial charge in [0, 0.05) is 94.6 Å². The van der Waals surface area contributed by atoms with Gasteiger partial charge in [0.05, 0.1) is 73.2 Å². The van der Waals surface area contributed by atoms with Crippen molar-refractivity contribution in [2.24, 2.45) is 21.1 Å². The van der Waals surface area contributed by atoms with Gasteiger partial charge in [0.25, 0.3) is 11.8 Å². The number of hydrogen-bond donors (Lipinski definition) is 5. The third-order valence-corrected chi connectivity index (χ3v) is 19.7. The van der Waals surface area contributed by atoms with E-state index in [1.807, 2.05) is 59.6 Å². The van der Waals surface area contributed by atoms with Crippen LogP contribution in [0, 0.1) is 0 Å². The Labute approximate surface area is 459 Å². The standard InChI is InChI=1S/2C17H23N5O3S.C10H13NO2.C7H12N4O2S/c1-20-8-11-4-3-5-12(14(11)9-20)17(23)22-15-10-21(26(2,24)25)7-6-13(15)16(18)19-22;1-20-8-11-4-3-5-12(14(11)9-20)17(23)22-16(18)13-6-7-21(26(2,24)25)10-15(13)19-22;1-11-5-7-3-2-4-8(10(12)13)9(7)6-11;1-14(12,13)11-3-2-5-6(4-11)9-10-7(5)8/h8-9,12H,3-7,10H2,1-2H3,(H2,18,19);8-9,12H,3-7,10,18H2,1-2H3;5-6,8H,2-4H2,1H3,(H,12,13);2-4H2,1H3,(H3,8,9,10). The van der Waals surface area contributed by atoms with Crippen LogP contribution in [-0.2, 0) is 114 Å². The van der Waals surface area contributed by atoms with E-state index in [1.54, 1.807) is 0 Å². The molecule has 3 unspecified atom stereocenters. The first kappa shape index (κ1) is 57.1. The van der Waals surface area contributed by atoms with Crippen LogP contribution in [0.2, 0.25) is 0 Å². The minimum Gasteiger partial charge on any atom is -0.481 e. The Morgan fingerprint density at radius 1 is 0.544 bits per heavy atom. The number of nitrogens with two attached hydrogens (primary N) is 3. The molecule has 6 aromatic rings. The lowest BCUT2D eigenvalue weighted by atomic mass is 9.85. The Morgan fingerprint density at radius 2 is 0.975 bits per heavy atom. The van der Waals surface area contributed by atoms with Crippen LogP contribution in [0.15, 0.2) is 37.2 Å². The molecule has 79 heavy (non-hydrogen) atoms. The van der Waals surface area contributed by atoms with Gasteiger partial charge in [-0.25, -0.2) is 29.9 Å². The number of aliphatic carboxylic acids is 1. The van der Waals surface area contributed by atoms with Gasteiger partial charge < -0.3 is 36.0 Å². The number of fused-ring (bicyclic) bond motifs is 6. The number of hydrogen-bond acceptors (Lipinski definition) is 15. The number of aryl methyl sites for hydroxylation is 6. The van der Waals surface area contributed by atoms with Gasteiger partial charge in [-0.15, -0.1) is 5.10 Å². The molecule has 3 atom stereocenters. The number of nitrogen functional groups attached to an aromatic ring is 3. The van der Waals surface area contributed by atoms with E-state index in [-0.39, 0.29) is 42.7 Å². The molecule has 0 fully saturated rings. The average molecular weight is 1150 g/mol. The highest BCUT2D eigenvalue weighted by atomic mass is 32.2. The number of nitrogens with zero attached hydrogens (tertiary/aromatic N) is 11. The van der Waals surface area contributed by atoms with Crippen LogP contribution in [0.3, 0.4) is 0 Å². The van der Waals surface area contributed by atoms with E-state index in [0.717, 1.165) is 96.9 Å². The summed E-state index contributed by atoms with van der Waals surface area (Å²) in [5.74, 6) is -0.584. The molecule has 6 aliphatic rings. The van der Waals surface area contributed by atoms with Gasteiger partial charge in [-0.2, -0.15) is 27.8 Å². The molecule has 3 aliphatic heterocycles. The van der Waals surface area contributed by atoms with Gasteiger partial charge in [0.15, 0.2) is 0 Å². The summed E-state index contributed by atoms with van der Waals surface area (Å²) in [5.41, 5.74) is 29.1. The van der Waals surface area contributed by atoms with Gasteiger partial charge in [0.1, 0.15) is 17.5 Å². The Hall–Kier alpha value is -6.59. The maximum absolute atomic E-state index is 13.3. The van der Waals surface area contributed by atoms with E-state index in [4.69, 9.17) is 22.3 Å². The molecule has 0 saturated carbocycles. The maximum atomic E-state index is 13.3. The van der Waals surface area contributed by atoms with Crippen molar-refractivity contribution in [3.63, 3.8) is 0 Å². The summed E-state index contributed by atoms with van der Waals surface area (Å²) in [5, 5.41) is 24.3. The fourth-order valence-corrected chi connectivity index (χ4v) is 14.2. The zero-order valence-electron chi connectivity index (χ0n) is 45.4. The molecule has 8 N–H and O–H groups in total. The van der Waals surface area contributed by atoms with Gasteiger partial charge in [-0.3, -0.25) is 19.5 Å². The third kappa shape index (κ3) is 12.0. The lowest BCUT2D eigenvalue weighted by Crippen LogP contribution is -2.37. The predicted octanol–water partition coefficient (Wildman–Crippen LogP) is 2.60. The molecule has 3 aliphatic carbocycles. The van der Waals surface area contributed by atoms with Crippen molar-refractivity contribution in [1.82, 2.24) is 56.4 Å². The van der Waals surface area contributed by atoms with E-state index >= 15 is 0 Å².